The number of para-hydroxylation sites is 1. The molecule has 166 valence electrons. The zero-order valence-corrected chi connectivity index (χ0v) is 17.7. The summed E-state index contributed by atoms with van der Waals surface area (Å²) >= 11 is 0. The molecule has 0 saturated carbocycles. The Bertz CT molecular complexity index is 1040. The van der Waals surface area contributed by atoms with Crippen LogP contribution in [0.5, 0.6) is 5.75 Å². The van der Waals surface area contributed by atoms with Crippen molar-refractivity contribution >= 4 is 17.5 Å². The van der Waals surface area contributed by atoms with Crippen LogP contribution < -0.4 is 15.8 Å². The van der Waals surface area contributed by atoms with Crippen molar-refractivity contribution in [3.8, 4) is 5.75 Å². The van der Waals surface area contributed by atoms with Crippen LogP contribution in [-0.2, 0) is 11.3 Å². The molecule has 0 atom stereocenters. The van der Waals surface area contributed by atoms with Gasteiger partial charge >= 0.3 is 0 Å². The van der Waals surface area contributed by atoms with Crippen molar-refractivity contribution in [2.45, 2.75) is 13.0 Å². The summed E-state index contributed by atoms with van der Waals surface area (Å²) in [6, 6.07) is 21.9. The van der Waals surface area contributed by atoms with Gasteiger partial charge in [-0.1, -0.05) is 36.4 Å². The normalized spacial score (nSPS) is 10.4. The minimum absolute atomic E-state index is 0.116. The first kappa shape index (κ1) is 23.0. The fourth-order valence-corrected chi connectivity index (χ4v) is 3.17. The highest BCUT2D eigenvalue weighted by Gasteiger charge is 2.17. The molecule has 0 saturated heterocycles. The second kappa shape index (κ2) is 11.6. The summed E-state index contributed by atoms with van der Waals surface area (Å²) in [6.45, 7) is 1.06. The summed E-state index contributed by atoms with van der Waals surface area (Å²) in [6.07, 6.45) is 0.619. The van der Waals surface area contributed by atoms with E-state index in [1.165, 1.54) is 18.2 Å². The fourth-order valence-electron chi connectivity index (χ4n) is 3.17. The Hall–Kier alpha value is -3.71. The van der Waals surface area contributed by atoms with E-state index in [2.05, 4.69) is 5.32 Å². The molecule has 0 fully saturated rings. The lowest BCUT2D eigenvalue weighted by Crippen LogP contribution is -2.32. The van der Waals surface area contributed by atoms with E-state index in [4.69, 9.17) is 10.5 Å². The maximum atomic E-state index is 13.6. The van der Waals surface area contributed by atoms with Crippen LogP contribution in [0.2, 0.25) is 0 Å². The summed E-state index contributed by atoms with van der Waals surface area (Å²) in [5, 5.41) is 2.80. The van der Waals surface area contributed by atoms with E-state index in [1.807, 2.05) is 24.3 Å². The predicted molar refractivity (Wildman–Crippen MR) is 122 cm³/mol. The molecule has 0 aromatic heterocycles. The van der Waals surface area contributed by atoms with E-state index >= 15 is 0 Å². The average Bonchev–Trinajstić information content (AvgIpc) is 2.81. The molecular formula is C25H26FN3O3. The molecule has 3 aromatic carbocycles. The van der Waals surface area contributed by atoms with E-state index in [0.29, 0.717) is 37.5 Å². The lowest BCUT2D eigenvalue weighted by Gasteiger charge is -2.23. The van der Waals surface area contributed by atoms with Crippen molar-refractivity contribution in [3.05, 3.63) is 95.8 Å². The minimum atomic E-state index is -0.461. The molecule has 3 aromatic rings. The van der Waals surface area contributed by atoms with Gasteiger partial charge in [0.2, 0.25) is 0 Å². The minimum Gasteiger partial charge on any atom is -0.484 e. The summed E-state index contributed by atoms with van der Waals surface area (Å²) in [5.74, 6) is -0.412. The van der Waals surface area contributed by atoms with Gasteiger partial charge in [0, 0.05) is 24.3 Å². The molecule has 0 unspecified atom stereocenters. The van der Waals surface area contributed by atoms with Crippen molar-refractivity contribution in [2.75, 3.05) is 25.0 Å². The lowest BCUT2D eigenvalue weighted by molar-refractivity contribution is -0.118. The first-order valence-corrected chi connectivity index (χ1v) is 10.4. The predicted octanol–water partition coefficient (Wildman–Crippen LogP) is 3.83. The molecule has 6 nitrogen and oxygen atoms in total. The highest BCUT2D eigenvalue weighted by molar-refractivity contribution is 5.94. The van der Waals surface area contributed by atoms with Crippen molar-refractivity contribution in [3.63, 3.8) is 0 Å². The molecule has 0 spiro atoms. The van der Waals surface area contributed by atoms with Crippen molar-refractivity contribution in [2.24, 2.45) is 5.73 Å². The third kappa shape index (κ3) is 6.92. The van der Waals surface area contributed by atoms with Crippen LogP contribution >= 0.6 is 0 Å². The molecule has 0 aliphatic carbocycles. The molecule has 0 bridgehead atoms. The monoisotopic (exact) mass is 435 g/mol. The number of carbonyl (C=O) groups excluding carboxylic acids is 2. The summed E-state index contributed by atoms with van der Waals surface area (Å²) < 4.78 is 19.0. The van der Waals surface area contributed by atoms with Crippen LogP contribution in [-0.4, -0.2) is 36.4 Å². The van der Waals surface area contributed by atoms with Gasteiger partial charge in [-0.15, -0.1) is 0 Å². The first-order valence-electron chi connectivity index (χ1n) is 10.4. The maximum Gasteiger partial charge on any atom is 0.262 e. The number of ether oxygens (including phenoxy) is 1. The third-order valence-corrected chi connectivity index (χ3v) is 4.69. The standard InChI is InChI=1S/C25H26FN3O3/c26-21-9-5-8-20(16-21)25(31)29(14-6-13-27)17-19-7-4-10-22(15-19)28-24(30)18-32-23-11-2-1-3-12-23/h1-5,7-12,15-16H,6,13-14,17-18,27H2,(H,28,30). The molecule has 2 amide bonds. The molecule has 3 rings (SSSR count). The van der Waals surface area contributed by atoms with Gasteiger partial charge in [-0.2, -0.15) is 0 Å². The van der Waals surface area contributed by atoms with E-state index in [9.17, 15) is 14.0 Å². The van der Waals surface area contributed by atoms with Crippen LogP contribution in [0.15, 0.2) is 78.9 Å². The Morgan fingerprint density at radius 1 is 0.969 bits per heavy atom. The second-order valence-corrected chi connectivity index (χ2v) is 7.23. The van der Waals surface area contributed by atoms with Gasteiger partial charge in [0.05, 0.1) is 0 Å². The maximum absolute atomic E-state index is 13.6. The molecule has 0 aliphatic rings. The van der Waals surface area contributed by atoms with E-state index in [0.717, 1.165) is 5.56 Å². The summed E-state index contributed by atoms with van der Waals surface area (Å²) in [4.78, 5) is 26.8. The number of amides is 2. The van der Waals surface area contributed by atoms with Gasteiger partial charge in [-0.25, -0.2) is 4.39 Å². The number of nitrogens with two attached hydrogens (primary N) is 1. The number of nitrogens with zero attached hydrogens (tertiary/aromatic N) is 1. The molecule has 0 aliphatic heterocycles. The van der Waals surface area contributed by atoms with Gasteiger partial charge in [-0.05, 0) is 61.0 Å². The summed E-state index contributed by atoms with van der Waals surface area (Å²) in [7, 11) is 0. The smallest absolute Gasteiger partial charge is 0.262 e. The number of halogens is 1. The van der Waals surface area contributed by atoms with E-state index in [-0.39, 0.29) is 24.0 Å². The Morgan fingerprint density at radius 3 is 2.50 bits per heavy atom. The topological polar surface area (TPSA) is 84.7 Å². The SMILES string of the molecule is NCCCN(Cc1cccc(NC(=O)COc2ccccc2)c1)C(=O)c1cccc(F)c1. The van der Waals surface area contributed by atoms with E-state index in [1.54, 1.807) is 41.3 Å². The number of carbonyl (C=O) groups is 2. The zero-order valence-electron chi connectivity index (χ0n) is 17.7. The Kier molecular flexibility index (Phi) is 8.34. The highest BCUT2D eigenvalue weighted by Crippen LogP contribution is 2.16. The largest absolute Gasteiger partial charge is 0.484 e. The molecule has 3 N–H and O–H groups in total. The number of benzene rings is 3. The number of anilines is 1. The second-order valence-electron chi connectivity index (χ2n) is 7.23. The zero-order chi connectivity index (χ0) is 22.8. The van der Waals surface area contributed by atoms with Crippen LogP contribution in [0.1, 0.15) is 22.3 Å². The molecule has 7 heteroatoms. The summed E-state index contributed by atoms with van der Waals surface area (Å²) in [5.41, 5.74) is 7.33. The lowest BCUT2D eigenvalue weighted by atomic mass is 10.1. The Balaban J connectivity index is 1.64. The number of hydrogen-bond acceptors (Lipinski definition) is 4. The third-order valence-electron chi connectivity index (χ3n) is 4.69. The first-order chi connectivity index (χ1) is 15.5. The van der Waals surface area contributed by atoms with Gasteiger partial charge in [0.15, 0.2) is 6.61 Å². The molecular weight excluding hydrogens is 409 g/mol. The van der Waals surface area contributed by atoms with Gasteiger partial charge in [-0.3, -0.25) is 9.59 Å². The number of rotatable bonds is 10. The van der Waals surface area contributed by atoms with Gasteiger partial charge in [0.25, 0.3) is 11.8 Å². The van der Waals surface area contributed by atoms with Gasteiger partial charge < -0.3 is 20.7 Å². The highest BCUT2D eigenvalue weighted by atomic mass is 19.1. The fraction of sp³-hybridized carbons (Fsp3) is 0.200. The quantitative estimate of drug-likeness (QED) is 0.507. The van der Waals surface area contributed by atoms with Gasteiger partial charge in [0.1, 0.15) is 11.6 Å². The van der Waals surface area contributed by atoms with Crippen LogP contribution in [0.4, 0.5) is 10.1 Å². The van der Waals surface area contributed by atoms with Crippen molar-refractivity contribution in [1.82, 2.24) is 4.90 Å². The molecule has 0 heterocycles. The van der Waals surface area contributed by atoms with Crippen LogP contribution in [0.3, 0.4) is 0 Å². The number of nitrogens with one attached hydrogen (secondary N) is 1. The van der Waals surface area contributed by atoms with Crippen LogP contribution in [0.25, 0.3) is 0 Å². The van der Waals surface area contributed by atoms with E-state index < -0.39 is 5.82 Å². The Labute approximate surface area is 186 Å². The average molecular weight is 435 g/mol. The van der Waals surface area contributed by atoms with Crippen molar-refractivity contribution in [1.29, 1.82) is 0 Å². The Morgan fingerprint density at radius 2 is 1.75 bits per heavy atom. The van der Waals surface area contributed by atoms with Crippen molar-refractivity contribution < 1.29 is 18.7 Å². The molecule has 32 heavy (non-hydrogen) atoms. The number of hydrogen-bond donors (Lipinski definition) is 2. The van der Waals surface area contributed by atoms with Crippen LogP contribution in [0, 0.1) is 5.82 Å². The molecule has 0 radical (unpaired) electrons.